The summed E-state index contributed by atoms with van der Waals surface area (Å²) in [4.78, 5) is 2.53. The third-order valence-electron chi connectivity index (χ3n) is 5.05. The predicted molar refractivity (Wildman–Crippen MR) is 101 cm³/mol. The second kappa shape index (κ2) is 6.77. The Morgan fingerprint density at radius 2 is 1.84 bits per heavy atom. The summed E-state index contributed by atoms with van der Waals surface area (Å²) in [5.74, 6) is 0.329. The first kappa shape index (κ1) is 16.0. The van der Waals surface area contributed by atoms with Gasteiger partial charge in [-0.15, -0.1) is 0 Å². The molecule has 0 bridgehead atoms. The SMILES string of the molecule is Cc1ccc(CN2CCCn3cccc3C2c2cccc(O)c2)cc1. The number of nitrogens with zero attached hydrogens (tertiary/aromatic N) is 2. The van der Waals surface area contributed by atoms with Gasteiger partial charge in [-0.3, -0.25) is 4.90 Å². The Morgan fingerprint density at radius 1 is 1.00 bits per heavy atom. The lowest BCUT2D eigenvalue weighted by Crippen LogP contribution is -2.29. The topological polar surface area (TPSA) is 28.4 Å². The summed E-state index contributed by atoms with van der Waals surface area (Å²) < 4.78 is 2.35. The average Bonchev–Trinajstić information content (AvgIpc) is 2.98. The van der Waals surface area contributed by atoms with Gasteiger partial charge >= 0.3 is 0 Å². The van der Waals surface area contributed by atoms with Crippen LogP contribution in [0.5, 0.6) is 5.75 Å². The molecule has 1 atom stereocenters. The molecule has 1 unspecified atom stereocenters. The molecule has 0 radical (unpaired) electrons. The van der Waals surface area contributed by atoms with Gasteiger partial charge in [0.2, 0.25) is 0 Å². The van der Waals surface area contributed by atoms with Gasteiger partial charge in [-0.2, -0.15) is 0 Å². The van der Waals surface area contributed by atoms with Gasteiger partial charge in [0.25, 0.3) is 0 Å². The van der Waals surface area contributed by atoms with Crippen molar-refractivity contribution < 1.29 is 5.11 Å². The van der Waals surface area contributed by atoms with Gasteiger partial charge in [0.15, 0.2) is 0 Å². The Labute approximate surface area is 149 Å². The number of aromatic nitrogens is 1. The minimum atomic E-state index is 0.158. The van der Waals surface area contributed by atoms with Crippen molar-refractivity contribution in [2.75, 3.05) is 6.54 Å². The van der Waals surface area contributed by atoms with Crippen molar-refractivity contribution in [3.8, 4) is 5.75 Å². The molecule has 0 amide bonds. The number of aromatic hydroxyl groups is 1. The lowest BCUT2D eigenvalue weighted by Gasteiger charge is -2.30. The lowest BCUT2D eigenvalue weighted by molar-refractivity contribution is 0.220. The minimum absolute atomic E-state index is 0.158. The highest BCUT2D eigenvalue weighted by atomic mass is 16.3. The van der Waals surface area contributed by atoms with Gasteiger partial charge in [-0.25, -0.2) is 0 Å². The lowest BCUT2D eigenvalue weighted by atomic mass is 10.0. The Kier molecular flexibility index (Phi) is 4.33. The molecule has 0 spiro atoms. The van der Waals surface area contributed by atoms with Crippen molar-refractivity contribution >= 4 is 0 Å². The highest BCUT2D eigenvalue weighted by molar-refractivity contribution is 5.35. The molecule has 1 aliphatic rings. The van der Waals surface area contributed by atoms with E-state index in [0.29, 0.717) is 5.75 Å². The van der Waals surface area contributed by atoms with Gasteiger partial charge in [-0.05, 0) is 48.7 Å². The molecule has 3 heteroatoms. The first-order valence-corrected chi connectivity index (χ1v) is 8.94. The molecule has 2 aromatic carbocycles. The van der Waals surface area contributed by atoms with Crippen molar-refractivity contribution in [1.82, 2.24) is 9.47 Å². The number of benzene rings is 2. The third-order valence-corrected chi connectivity index (χ3v) is 5.05. The van der Waals surface area contributed by atoms with Crippen molar-refractivity contribution in [2.45, 2.75) is 32.5 Å². The zero-order chi connectivity index (χ0) is 17.2. The van der Waals surface area contributed by atoms with E-state index in [9.17, 15) is 5.11 Å². The standard InChI is InChI=1S/C22H24N2O/c1-17-8-10-18(11-9-17)16-24-14-4-13-23-12-3-7-21(23)22(24)19-5-2-6-20(25)15-19/h2-3,5-12,15,22,25H,4,13-14,16H2,1H3. The number of phenolic OH excluding ortho intramolecular Hbond substituents is 1. The number of aryl methyl sites for hydroxylation is 2. The van der Waals surface area contributed by atoms with Crippen LogP contribution in [0.1, 0.15) is 34.8 Å². The molecule has 1 aromatic heterocycles. The molecule has 1 N–H and O–H groups in total. The summed E-state index contributed by atoms with van der Waals surface area (Å²) in [7, 11) is 0. The first-order chi connectivity index (χ1) is 12.2. The van der Waals surface area contributed by atoms with E-state index < -0.39 is 0 Å². The van der Waals surface area contributed by atoms with Gasteiger partial charge in [-0.1, -0.05) is 42.0 Å². The van der Waals surface area contributed by atoms with Gasteiger partial charge in [0, 0.05) is 31.5 Å². The Bertz CT molecular complexity index is 850. The number of hydrogen-bond acceptors (Lipinski definition) is 2. The van der Waals surface area contributed by atoms with Gasteiger partial charge in [0.1, 0.15) is 5.75 Å². The van der Waals surface area contributed by atoms with E-state index in [4.69, 9.17) is 0 Å². The van der Waals surface area contributed by atoms with Crippen LogP contribution in [0, 0.1) is 6.92 Å². The first-order valence-electron chi connectivity index (χ1n) is 8.94. The van der Waals surface area contributed by atoms with Crippen LogP contribution in [0.4, 0.5) is 0 Å². The maximum absolute atomic E-state index is 9.99. The quantitative estimate of drug-likeness (QED) is 0.765. The van der Waals surface area contributed by atoms with Gasteiger partial charge < -0.3 is 9.67 Å². The van der Waals surface area contributed by atoms with Crippen molar-refractivity contribution in [3.05, 3.63) is 89.2 Å². The molecule has 0 saturated heterocycles. The highest BCUT2D eigenvalue weighted by Crippen LogP contribution is 2.34. The Balaban J connectivity index is 1.74. The zero-order valence-electron chi connectivity index (χ0n) is 14.6. The summed E-state index contributed by atoms with van der Waals surface area (Å²) in [6, 6.07) is 21.0. The molecule has 1 aliphatic heterocycles. The van der Waals surface area contributed by atoms with E-state index in [0.717, 1.165) is 31.6 Å². The van der Waals surface area contributed by atoms with Crippen LogP contribution in [-0.4, -0.2) is 21.1 Å². The van der Waals surface area contributed by atoms with Gasteiger partial charge in [0.05, 0.1) is 6.04 Å². The van der Waals surface area contributed by atoms with E-state index >= 15 is 0 Å². The molecule has 4 rings (SSSR count). The van der Waals surface area contributed by atoms with Crippen LogP contribution in [0.25, 0.3) is 0 Å². The fourth-order valence-electron chi connectivity index (χ4n) is 3.81. The molecular formula is C22H24N2O. The molecule has 0 fully saturated rings. The minimum Gasteiger partial charge on any atom is -0.508 e. The smallest absolute Gasteiger partial charge is 0.115 e. The average molecular weight is 332 g/mol. The molecule has 3 aromatic rings. The molecular weight excluding hydrogens is 308 g/mol. The summed E-state index contributed by atoms with van der Waals surface area (Å²) in [5.41, 5.74) is 5.07. The van der Waals surface area contributed by atoms with Crippen LogP contribution < -0.4 is 0 Å². The van der Waals surface area contributed by atoms with Crippen LogP contribution in [0.15, 0.2) is 66.9 Å². The Hall–Kier alpha value is -2.52. The predicted octanol–water partition coefficient (Wildman–Crippen LogP) is 4.50. The van der Waals surface area contributed by atoms with Crippen molar-refractivity contribution in [3.63, 3.8) is 0 Å². The number of rotatable bonds is 3. The molecule has 25 heavy (non-hydrogen) atoms. The Morgan fingerprint density at radius 3 is 2.64 bits per heavy atom. The second-order valence-electron chi connectivity index (χ2n) is 6.93. The van der Waals surface area contributed by atoms with Crippen molar-refractivity contribution in [1.29, 1.82) is 0 Å². The maximum atomic E-state index is 9.99. The van der Waals surface area contributed by atoms with Crippen LogP contribution in [0.2, 0.25) is 0 Å². The fourth-order valence-corrected chi connectivity index (χ4v) is 3.81. The normalized spacial score (nSPS) is 17.9. The third kappa shape index (κ3) is 3.33. The molecule has 128 valence electrons. The molecule has 0 saturated carbocycles. The van der Waals surface area contributed by atoms with Crippen LogP contribution >= 0.6 is 0 Å². The van der Waals surface area contributed by atoms with Crippen LogP contribution in [-0.2, 0) is 13.1 Å². The number of hydrogen-bond donors (Lipinski definition) is 1. The molecule has 2 heterocycles. The highest BCUT2D eigenvalue weighted by Gasteiger charge is 2.27. The zero-order valence-corrected chi connectivity index (χ0v) is 14.6. The van der Waals surface area contributed by atoms with E-state index in [-0.39, 0.29) is 6.04 Å². The van der Waals surface area contributed by atoms with E-state index in [1.165, 1.54) is 16.8 Å². The number of fused-ring (bicyclic) bond motifs is 1. The summed E-state index contributed by atoms with van der Waals surface area (Å²) in [6.07, 6.45) is 3.30. The second-order valence-corrected chi connectivity index (χ2v) is 6.93. The van der Waals surface area contributed by atoms with Crippen molar-refractivity contribution in [2.24, 2.45) is 0 Å². The van der Waals surface area contributed by atoms with E-state index in [1.54, 1.807) is 6.07 Å². The van der Waals surface area contributed by atoms with E-state index in [1.807, 2.05) is 12.1 Å². The van der Waals surface area contributed by atoms with E-state index in [2.05, 4.69) is 65.1 Å². The summed E-state index contributed by atoms with van der Waals surface area (Å²) in [6.45, 7) is 5.11. The molecule has 3 nitrogen and oxygen atoms in total. The summed E-state index contributed by atoms with van der Waals surface area (Å²) in [5, 5.41) is 9.99. The van der Waals surface area contributed by atoms with Crippen LogP contribution in [0.3, 0.4) is 0 Å². The molecule has 0 aliphatic carbocycles. The monoisotopic (exact) mass is 332 g/mol. The fraction of sp³-hybridized carbons (Fsp3) is 0.273. The number of phenols is 1. The maximum Gasteiger partial charge on any atom is 0.115 e. The summed E-state index contributed by atoms with van der Waals surface area (Å²) >= 11 is 0. The largest absolute Gasteiger partial charge is 0.508 e.